The van der Waals surface area contributed by atoms with Gasteiger partial charge in [-0.15, -0.1) is 11.3 Å². The minimum Gasteiger partial charge on any atom is -0.250 e. The van der Waals surface area contributed by atoms with E-state index in [9.17, 15) is 8.42 Å². The molecule has 0 aliphatic rings. The molecule has 0 unspecified atom stereocenters. The van der Waals surface area contributed by atoms with E-state index >= 15 is 0 Å². The Bertz CT molecular complexity index is 397. The van der Waals surface area contributed by atoms with E-state index in [1.807, 2.05) is 6.92 Å². The maximum atomic E-state index is 11.4. The van der Waals surface area contributed by atoms with Crippen molar-refractivity contribution in [2.45, 2.75) is 20.4 Å². The minimum atomic E-state index is -3.07. The molecule has 1 rings (SSSR count). The molecule has 0 aliphatic heterocycles. The second-order valence-electron chi connectivity index (χ2n) is 3.00. The minimum absolute atomic E-state index is 0.140. The highest BCUT2D eigenvalue weighted by Crippen LogP contribution is 2.14. The quantitative estimate of drug-likeness (QED) is 0.787. The van der Waals surface area contributed by atoms with E-state index in [2.05, 4.69) is 4.98 Å². The lowest BCUT2D eigenvalue weighted by molar-refractivity contribution is 0.470. The first-order valence-corrected chi connectivity index (χ1v) is 6.73. The topological polar surface area (TPSA) is 50.3 Å². The van der Waals surface area contributed by atoms with E-state index in [-0.39, 0.29) is 5.75 Å². The molecule has 0 amide bonds. The molecular formula is C8H14N2O2S2. The summed E-state index contributed by atoms with van der Waals surface area (Å²) in [4.78, 5) is 5.05. The Labute approximate surface area is 88.6 Å². The summed E-state index contributed by atoms with van der Waals surface area (Å²) in [6.07, 6.45) is 1.72. The molecule has 4 nitrogen and oxygen atoms in total. The maximum Gasteiger partial charge on any atom is 0.213 e. The molecule has 0 saturated carbocycles. The Morgan fingerprint density at radius 2 is 2.21 bits per heavy atom. The van der Waals surface area contributed by atoms with Crippen LogP contribution in [0.4, 0.5) is 0 Å². The third kappa shape index (κ3) is 2.76. The van der Waals surface area contributed by atoms with Crippen molar-refractivity contribution >= 4 is 21.4 Å². The van der Waals surface area contributed by atoms with E-state index < -0.39 is 10.0 Å². The highest BCUT2D eigenvalue weighted by molar-refractivity contribution is 7.89. The molecule has 0 aromatic carbocycles. The van der Waals surface area contributed by atoms with Gasteiger partial charge in [-0.1, -0.05) is 0 Å². The maximum absolute atomic E-state index is 11.4. The molecule has 6 heteroatoms. The van der Waals surface area contributed by atoms with Crippen LogP contribution < -0.4 is 0 Å². The molecule has 0 aliphatic carbocycles. The Hall–Kier alpha value is -0.460. The van der Waals surface area contributed by atoms with Crippen LogP contribution in [-0.4, -0.2) is 30.5 Å². The molecule has 0 N–H and O–H groups in total. The summed E-state index contributed by atoms with van der Waals surface area (Å²) in [5.41, 5.74) is 0. The van der Waals surface area contributed by atoms with Crippen molar-refractivity contribution in [1.29, 1.82) is 0 Å². The van der Waals surface area contributed by atoms with Crippen molar-refractivity contribution < 1.29 is 8.42 Å². The number of hydrogen-bond donors (Lipinski definition) is 0. The molecule has 80 valence electrons. The smallest absolute Gasteiger partial charge is 0.213 e. The number of hydrogen-bond acceptors (Lipinski definition) is 4. The lowest BCUT2D eigenvalue weighted by atomic mass is 10.5. The van der Waals surface area contributed by atoms with Gasteiger partial charge in [0.05, 0.1) is 10.8 Å². The molecule has 0 atom stereocenters. The number of thiazole rings is 1. The third-order valence-electron chi connectivity index (χ3n) is 1.89. The molecule has 0 bridgehead atoms. The molecule has 1 heterocycles. The van der Waals surface area contributed by atoms with E-state index in [0.717, 1.165) is 9.88 Å². The molecule has 1 aromatic heterocycles. The SMILES string of the molecule is CCS(=O)(=O)N(C)Cc1cnc(C)s1. The van der Waals surface area contributed by atoms with Gasteiger partial charge in [0.15, 0.2) is 0 Å². The summed E-state index contributed by atoms with van der Waals surface area (Å²) >= 11 is 1.53. The molecule has 0 spiro atoms. The average Bonchev–Trinajstić information content (AvgIpc) is 2.51. The van der Waals surface area contributed by atoms with Crippen molar-refractivity contribution in [2.24, 2.45) is 0 Å². The molecule has 0 fully saturated rings. The predicted molar refractivity (Wildman–Crippen MR) is 57.8 cm³/mol. The summed E-state index contributed by atoms with van der Waals surface area (Å²) in [7, 11) is -1.48. The number of aromatic nitrogens is 1. The van der Waals surface area contributed by atoms with E-state index in [0.29, 0.717) is 6.54 Å². The van der Waals surface area contributed by atoms with E-state index in [1.165, 1.54) is 15.6 Å². The van der Waals surface area contributed by atoms with E-state index in [4.69, 9.17) is 0 Å². The Balaban J connectivity index is 2.71. The lowest BCUT2D eigenvalue weighted by Gasteiger charge is -2.14. The first kappa shape index (κ1) is 11.6. The molecule has 14 heavy (non-hydrogen) atoms. The highest BCUT2D eigenvalue weighted by Gasteiger charge is 2.15. The lowest BCUT2D eigenvalue weighted by Crippen LogP contribution is -2.27. The van der Waals surface area contributed by atoms with Gasteiger partial charge in [0.25, 0.3) is 0 Å². The van der Waals surface area contributed by atoms with Gasteiger partial charge < -0.3 is 0 Å². The summed E-state index contributed by atoms with van der Waals surface area (Å²) in [6, 6.07) is 0. The van der Waals surface area contributed by atoms with Gasteiger partial charge in [0.2, 0.25) is 10.0 Å². The monoisotopic (exact) mass is 234 g/mol. The van der Waals surface area contributed by atoms with Crippen LogP contribution in [0.5, 0.6) is 0 Å². The van der Waals surface area contributed by atoms with Gasteiger partial charge in [0.1, 0.15) is 0 Å². The Morgan fingerprint density at radius 3 is 2.64 bits per heavy atom. The first-order chi connectivity index (χ1) is 6.45. The fraction of sp³-hybridized carbons (Fsp3) is 0.625. The van der Waals surface area contributed by atoms with Gasteiger partial charge in [-0.2, -0.15) is 4.31 Å². The van der Waals surface area contributed by atoms with Gasteiger partial charge in [-0.05, 0) is 13.8 Å². The van der Waals surface area contributed by atoms with Gasteiger partial charge in [-0.25, -0.2) is 13.4 Å². The van der Waals surface area contributed by atoms with Crippen LogP contribution in [0.15, 0.2) is 6.20 Å². The summed E-state index contributed by atoms with van der Waals surface area (Å²) in [5.74, 6) is 0.140. The first-order valence-electron chi connectivity index (χ1n) is 4.31. The van der Waals surface area contributed by atoms with Gasteiger partial charge >= 0.3 is 0 Å². The summed E-state index contributed by atoms with van der Waals surface area (Å²) in [5, 5.41) is 0.960. The molecule has 0 radical (unpaired) electrons. The predicted octanol–water partition coefficient (Wildman–Crippen LogP) is 1.23. The van der Waals surface area contributed by atoms with Crippen LogP contribution >= 0.6 is 11.3 Å². The van der Waals surface area contributed by atoms with Crippen LogP contribution in [0.25, 0.3) is 0 Å². The van der Waals surface area contributed by atoms with Crippen molar-refractivity contribution in [3.63, 3.8) is 0 Å². The zero-order chi connectivity index (χ0) is 10.8. The number of nitrogens with zero attached hydrogens (tertiary/aromatic N) is 2. The molecule has 0 saturated heterocycles. The second-order valence-corrected chi connectivity index (χ2v) is 6.69. The van der Waals surface area contributed by atoms with Crippen LogP contribution in [0, 0.1) is 6.92 Å². The van der Waals surface area contributed by atoms with Crippen molar-refractivity contribution in [3.8, 4) is 0 Å². The standard InChI is InChI=1S/C8H14N2O2S2/c1-4-14(11,12)10(3)6-8-5-9-7(2)13-8/h5H,4,6H2,1-3H3. The summed E-state index contributed by atoms with van der Waals surface area (Å²) < 4.78 is 24.2. The zero-order valence-electron chi connectivity index (χ0n) is 8.52. The van der Waals surface area contributed by atoms with Crippen LogP contribution in [0.1, 0.15) is 16.8 Å². The molecular weight excluding hydrogens is 220 g/mol. The van der Waals surface area contributed by atoms with Crippen molar-refractivity contribution in [1.82, 2.24) is 9.29 Å². The normalized spacial score (nSPS) is 12.3. The van der Waals surface area contributed by atoms with Gasteiger partial charge in [-0.3, -0.25) is 0 Å². The van der Waals surface area contributed by atoms with Crippen LogP contribution in [0.3, 0.4) is 0 Å². The number of rotatable bonds is 4. The van der Waals surface area contributed by atoms with Crippen LogP contribution in [-0.2, 0) is 16.6 Å². The number of sulfonamides is 1. The highest BCUT2D eigenvalue weighted by atomic mass is 32.2. The molecule has 1 aromatic rings. The third-order valence-corrected chi connectivity index (χ3v) is 4.59. The second kappa shape index (κ2) is 4.37. The van der Waals surface area contributed by atoms with Gasteiger partial charge in [0, 0.05) is 24.7 Å². The fourth-order valence-corrected chi connectivity index (χ4v) is 2.72. The average molecular weight is 234 g/mol. The Kier molecular flexibility index (Phi) is 3.63. The van der Waals surface area contributed by atoms with Crippen LogP contribution in [0.2, 0.25) is 0 Å². The Morgan fingerprint density at radius 1 is 1.57 bits per heavy atom. The van der Waals surface area contributed by atoms with E-state index in [1.54, 1.807) is 20.2 Å². The van der Waals surface area contributed by atoms with Crippen molar-refractivity contribution in [3.05, 3.63) is 16.1 Å². The largest absolute Gasteiger partial charge is 0.250 e. The van der Waals surface area contributed by atoms with Crippen molar-refractivity contribution in [2.75, 3.05) is 12.8 Å². The number of aryl methyl sites for hydroxylation is 1. The fourth-order valence-electron chi connectivity index (χ4n) is 1.02. The summed E-state index contributed by atoms with van der Waals surface area (Å²) in [6.45, 7) is 3.97. The zero-order valence-corrected chi connectivity index (χ0v) is 10.2.